The van der Waals surface area contributed by atoms with Crippen LogP contribution in [0.1, 0.15) is 21.5 Å². The molecule has 0 saturated carbocycles. The first-order chi connectivity index (χ1) is 12.0. The van der Waals surface area contributed by atoms with Gasteiger partial charge >= 0.3 is 5.97 Å². The number of ether oxygens (including phenoxy) is 1. The number of hydrogen-bond donors (Lipinski definition) is 3. The standard InChI is InChI=1S/C18H14N2O4S/c19-18-20-16(21)15(25-18)9-13-3-1-2-4-14(13)24-10-11-5-7-12(8-6-11)17(22)23/h1-9H,10H2,(H,22,23)(H2,19,20,21). The summed E-state index contributed by atoms with van der Waals surface area (Å²) in [6.45, 7) is 0.273. The Hall–Kier alpha value is -3.06. The Labute approximate surface area is 148 Å². The summed E-state index contributed by atoms with van der Waals surface area (Å²) >= 11 is 1.07. The molecule has 1 aliphatic heterocycles. The summed E-state index contributed by atoms with van der Waals surface area (Å²) in [7, 11) is 0. The van der Waals surface area contributed by atoms with E-state index in [4.69, 9.17) is 15.3 Å². The third kappa shape index (κ3) is 4.07. The van der Waals surface area contributed by atoms with Gasteiger partial charge in [0.05, 0.1) is 10.5 Å². The van der Waals surface area contributed by atoms with Crippen LogP contribution in [0.15, 0.2) is 53.4 Å². The molecule has 126 valence electrons. The Bertz CT molecular complexity index is 875. The zero-order valence-electron chi connectivity index (χ0n) is 13.0. The lowest BCUT2D eigenvalue weighted by molar-refractivity contribution is -0.115. The molecule has 0 aromatic heterocycles. The predicted molar refractivity (Wildman–Crippen MR) is 95.6 cm³/mol. The molecule has 0 spiro atoms. The fourth-order valence-electron chi connectivity index (χ4n) is 2.22. The lowest BCUT2D eigenvalue weighted by Crippen LogP contribution is -2.18. The number of para-hydroxylation sites is 1. The lowest BCUT2D eigenvalue weighted by atomic mass is 10.1. The molecule has 0 radical (unpaired) electrons. The molecule has 1 aliphatic rings. The summed E-state index contributed by atoms with van der Waals surface area (Å²) in [6, 6.07) is 13.7. The second kappa shape index (κ2) is 7.23. The number of aromatic carboxylic acids is 1. The maximum absolute atomic E-state index is 11.7. The van der Waals surface area contributed by atoms with Crippen molar-refractivity contribution in [2.24, 2.45) is 0 Å². The van der Waals surface area contributed by atoms with Gasteiger partial charge in [0.15, 0.2) is 5.17 Å². The number of nitrogens with one attached hydrogen (secondary N) is 2. The second-order valence-electron chi connectivity index (χ2n) is 5.22. The Morgan fingerprint density at radius 3 is 2.56 bits per heavy atom. The fraction of sp³-hybridized carbons (Fsp3) is 0.0556. The van der Waals surface area contributed by atoms with Gasteiger partial charge in [-0.15, -0.1) is 0 Å². The first-order valence-electron chi connectivity index (χ1n) is 7.36. The molecule has 1 amide bonds. The van der Waals surface area contributed by atoms with Crippen molar-refractivity contribution in [1.29, 1.82) is 5.41 Å². The SMILES string of the molecule is N=C1NC(=O)C(=Cc2ccccc2OCc2ccc(C(=O)O)cc2)S1. The number of carboxylic acid groups (broad SMARTS) is 1. The highest BCUT2D eigenvalue weighted by molar-refractivity contribution is 8.18. The van der Waals surface area contributed by atoms with Crippen LogP contribution in [0.25, 0.3) is 6.08 Å². The number of hydrogen-bond acceptors (Lipinski definition) is 5. The summed E-state index contributed by atoms with van der Waals surface area (Å²) in [5.74, 6) is -0.666. The Kier molecular flexibility index (Phi) is 4.85. The van der Waals surface area contributed by atoms with Gasteiger partial charge in [0.1, 0.15) is 12.4 Å². The molecule has 0 atom stereocenters. The van der Waals surface area contributed by atoms with E-state index in [1.807, 2.05) is 18.2 Å². The topological polar surface area (TPSA) is 99.5 Å². The van der Waals surface area contributed by atoms with E-state index in [1.165, 1.54) is 12.1 Å². The van der Waals surface area contributed by atoms with Crippen LogP contribution in [0.4, 0.5) is 0 Å². The lowest BCUT2D eigenvalue weighted by Gasteiger charge is -2.10. The number of thioether (sulfide) groups is 1. The Balaban J connectivity index is 1.75. The highest BCUT2D eigenvalue weighted by Gasteiger charge is 2.22. The largest absolute Gasteiger partial charge is 0.488 e. The van der Waals surface area contributed by atoms with E-state index in [0.29, 0.717) is 10.7 Å². The third-order valence-electron chi connectivity index (χ3n) is 3.46. The molecule has 0 unspecified atom stereocenters. The molecule has 2 aromatic rings. The molecule has 7 heteroatoms. The van der Waals surface area contributed by atoms with E-state index in [9.17, 15) is 9.59 Å². The highest BCUT2D eigenvalue weighted by atomic mass is 32.2. The molecule has 0 aliphatic carbocycles. The van der Waals surface area contributed by atoms with Crippen molar-refractivity contribution >= 4 is 34.9 Å². The average molecular weight is 354 g/mol. The van der Waals surface area contributed by atoms with Crippen LogP contribution in [-0.4, -0.2) is 22.2 Å². The Morgan fingerprint density at radius 2 is 1.92 bits per heavy atom. The normalized spacial score (nSPS) is 15.3. The smallest absolute Gasteiger partial charge is 0.335 e. The summed E-state index contributed by atoms with van der Waals surface area (Å²) < 4.78 is 5.81. The van der Waals surface area contributed by atoms with E-state index in [1.54, 1.807) is 24.3 Å². The molecule has 6 nitrogen and oxygen atoms in total. The molecular weight excluding hydrogens is 340 g/mol. The predicted octanol–water partition coefficient (Wildman–Crippen LogP) is 3.10. The molecule has 0 bridgehead atoms. The average Bonchev–Trinajstić information content (AvgIpc) is 2.91. The molecule has 2 aromatic carbocycles. The molecule has 25 heavy (non-hydrogen) atoms. The monoisotopic (exact) mass is 354 g/mol. The van der Waals surface area contributed by atoms with Crippen LogP contribution in [0.3, 0.4) is 0 Å². The summed E-state index contributed by atoms with van der Waals surface area (Å²) in [5, 5.41) is 18.9. The van der Waals surface area contributed by atoms with Crippen LogP contribution < -0.4 is 10.1 Å². The quantitative estimate of drug-likeness (QED) is 0.717. The van der Waals surface area contributed by atoms with Gasteiger partial charge in [-0.1, -0.05) is 30.3 Å². The summed E-state index contributed by atoms with van der Waals surface area (Å²) in [6.07, 6.45) is 1.68. The van der Waals surface area contributed by atoms with Crippen molar-refractivity contribution in [3.63, 3.8) is 0 Å². The maximum atomic E-state index is 11.7. The van der Waals surface area contributed by atoms with Crippen LogP contribution >= 0.6 is 11.8 Å². The number of carboxylic acids is 1. The van der Waals surface area contributed by atoms with Gasteiger partial charge < -0.3 is 15.2 Å². The van der Waals surface area contributed by atoms with E-state index in [2.05, 4.69) is 5.32 Å². The number of benzene rings is 2. The van der Waals surface area contributed by atoms with E-state index in [0.717, 1.165) is 22.9 Å². The summed E-state index contributed by atoms with van der Waals surface area (Å²) in [4.78, 5) is 23.0. The van der Waals surface area contributed by atoms with Gasteiger partial charge in [-0.3, -0.25) is 10.2 Å². The molecule has 3 rings (SSSR count). The molecule has 1 saturated heterocycles. The molecule has 1 fully saturated rings. The highest BCUT2D eigenvalue weighted by Crippen LogP contribution is 2.29. The van der Waals surface area contributed by atoms with E-state index in [-0.39, 0.29) is 23.2 Å². The minimum atomic E-state index is -0.970. The first-order valence-corrected chi connectivity index (χ1v) is 8.18. The number of rotatable bonds is 5. The van der Waals surface area contributed by atoms with Crippen LogP contribution in [0.5, 0.6) is 5.75 Å². The van der Waals surface area contributed by atoms with Gasteiger partial charge in [-0.2, -0.15) is 0 Å². The Morgan fingerprint density at radius 1 is 1.20 bits per heavy atom. The second-order valence-corrected chi connectivity index (χ2v) is 6.27. The van der Waals surface area contributed by atoms with E-state index < -0.39 is 5.97 Å². The minimum Gasteiger partial charge on any atom is -0.488 e. The van der Waals surface area contributed by atoms with Crippen molar-refractivity contribution in [1.82, 2.24) is 5.32 Å². The van der Waals surface area contributed by atoms with Gasteiger partial charge in [-0.05, 0) is 41.6 Å². The van der Waals surface area contributed by atoms with Gasteiger partial charge in [-0.25, -0.2) is 4.79 Å². The van der Waals surface area contributed by atoms with Crippen LogP contribution in [0, 0.1) is 5.41 Å². The van der Waals surface area contributed by atoms with Crippen LogP contribution in [0.2, 0.25) is 0 Å². The zero-order valence-corrected chi connectivity index (χ0v) is 13.8. The minimum absolute atomic E-state index is 0.105. The van der Waals surface area contributed by atoms with Crippen molar-refractivity contribution in [2.75, 3.05) is 0 Å². The van der Waals surface area contributed by atoms with Crippen molar-refractivity contribution in [3.05, 3.63) is 70.1 Å². The molecular formula is C18H14N2O4S. The summed E-state index contributed by atoms with van der Waals surface area (Å²) in [5.41, 5.74) is 1.79. The molecule has 1 heterocycles. The van der Waals surface area contributed by atoms with Crippen molar-refractivity contribution in [2.45, 2.75) is 6.61 Å². The fourth-order valence-corrected chi connectivity index (χ4v) is 2.91. The van der Waals surface area contributed by atoms with Crippen molar-refractivity contribution in [3.8, 4) is 5.75 Å². The number of carbonyl (C=O) groups excluding carboxylic acids is 1. The zero-order chi connectivity index (χ0) is 17.8. The van der Waals surface area contributed by atoms with Crippen molar-refractivity contribution < 1.29 is 19.4 Å². The van der Waals surface area contributed by atoms with Gasteiger partial charge in [0, 0.05) is 5.56 Å². The first kappa shape index (κ1) is 16.8. The van der Waals surface area contributed by atoms with E-state index >= 15 is 0 Å². The number of carbonyl (C=O) groups is 2. The number of amidine groups is 1. The van der Waals surface area contributed by atoms with Gasteiger partial charge in [0.2, 0.25) is 0 Å². The third-order valence-corrected chi connectivity index (χ3v) is 4.29. The number of amides is 1. The van der Waals surface area contributed by atoms with Crippen LogP contribution in [-0.2, 0) is 11.4 Å². The maximum Gasteiger partial charge on any atom is 0.335 e. The molecule has 3 N–H and O–H groups in total. The van der Waals surface area contributed by atoms with Gasteiger partial charge in [0.25, 0.3) is 5.91 Å².